The van der Waals surface area contributed by atoms with E-state index in [-0.39, 0.29) is 18.6 Å². The largest absolute Gasteiger partial charge is 0.394 e. The zero-order valence-corrected chi connectivity index (χ0v) is 9.93. The summed E-state index contributed by atoms with van der Waals surface area (Å²) in [5.74, 6) is 0.614. The molecule has 0 saturated heterocycles. The number of aliphatic hydroxyl groups is 1. The number of carbonyl (C=O) groups excluding carboxylic acids is 1. The van der Waals surface area contributed by atoms with Gasteiger partial charge in [-0.3, -0.25) is 4.79 Å². The van der Waals surface area contributed by atoms with Gasteiger partial charge in [0.2, 0.25) is 5.91 Å². The molecule has 2 N–H and O–H groups in total. The molecule has 1 aromatic rings. The molecule has 0 bridgehead atoms. The molecule has 0 spiro atoms. The first-order valence-corrected chi connectivity index (χ1v) is 6.24. The second-order valence-corrected chi connectivity index (χ2v) is 4.71. The Morgan fingerprint density at radius 3 is 2.59 bits per heavy atom. The van der Waals surface area contributed by atoms with Crippen LogP contribution >= 0.6 is 0 Å². The van der Waals surface area contributed by atoms with E-state index in [0.29, 0.717) is 12.3 Å². The predicted molar refractivity (Wildman–Crippen MR) is 66.4 cm³/mol. The van der Waals surface area contributed by atoms with Crippen molar-refractivity contribution in [3.63, 3.8) is 0 Å². The summed E-state index contributed by atoms with van der Waals surface area (Å²) in [6.45, 7) is -0.0551. The van der Waals surface area contributed by atoms with Gasteiger partial charge < -0.3 is 10.4 Å². The molecule has 1 amide bonds. The Kier molecular flexibility index (Phi) is 4.15. The maximum absolute atomic E-state index is 11.8. The van der Waals surface area contributed by atoms with E-state index in [0.717, 1.165) is 5.56 Å². The highest BCUT2D eigenvalue weighted by Crippen LogP contribution is 2.29. The van der Waals surface area contributed by atoms with Crippen LogP contribution in [0.1, 0.15) is 37.3 Å². The van der Waals surface area contributed by atoms with Gasteiger partial charge in [-0.25, -0.2) is 0 Å². The number of hydrogen-bond donors (Lipinski definition) is 2. The van der Waals surface area contributed by atoms with Gasteiger partial charge in [0.25, 0.3) is 0 Å². The number of rotatable bonds is 5. The summed E-state index contributed by atoms with van der Waals surface area (Å²) < 4.78 is 0. The normalized spacial score (nSPS) is 17.2. The number of amides is 1. The van der Waals surface area contributed by atoms with Gasteiger partial charge in [0, 0.05) is 6.42 Å². The lowest BCUT2D eigenvalue weighted by Crippen LogP contribution is -2.33. The van der Waals surface area contributed by atoms with Gasteiger partial charge in [-0.1, -0.05) is 36.8 Å². The van der Waals surface area contributed by atoms with Crippen molar-refractivity contribution in [3.8, 4) is 0 Å². The summed E-state index contributed by atoms with van der Waals surface area (Å²) >= 11 is 0. The molecule has 1 atom stereocenters. The molecule has 1 saturated carbocycles. The van der Waals surface area contributed by atoms with Gasteiger partial charge in [-0.05, 0) is 24.3 Å². The molecule has 3 nitrogen and oxygen atoms in total. The van der Waals surface area contributed by atoms with E-state index in [4.69, 9.17) is 0 Å². The van der Waals surface area contributed by atoms with Crippen LogP contribution in [0, 0.1) is 5.92 Å². The first-order chi connectivity index (χ1) is 8.29. The molecule has 3 heteroatoms. The van der Waals surface area contributed by atoms with Crippen LogP contribution in [0.25, 0.3) is 0 Å². The number of aliphatic hydroxyl groups excluding tert-OH is 1. The summed E-state index contributed by atoms with van der Waals surface area (Å²) in [5, 5.41) is 12.2. The van der Waals surface area contributed by atoms with Crippen molar-refractivity contribution < 1.29 is 9.90 Å². The third-order valence-corrected chi connectivity index (χ3v) is 3.42. The zero-order chi connectivity index (χ0) is 12.1. The van der Waals surface area contributed by atoms with E-state index in [2.05, 4.69) is 5.32 Å². The van der Waals surface area contributed by atoms with Gasteiger partial charge in [0.15, 0.2) is 0 Å². The Bertz CT molecular complexity index is 360. The topological polar surface area (TPSA) is 49.3 Å². The third kappa shape index (κ3) is 3.30. The predicted octanol–water partition coefficient (Wildman–Crippen LogP) is 2.03. The lowest BCUT2D eigenvalue weighted by atomic mass is 9.83. The maximum atomic E-state index is 11.8. The quantitative estimate of drug-likeness (QED) is 0.817. The van der Waals surface area contributed by atoms with Crippen molar-refractivity contribution in [2.75, 3.05) is 6.61 Å². The Balaban J connectivity index is 1.88. The molecular formula is C14H19NO2. The number of benzene rings is 1. The van der Waals surface area contributed by atoms with Crippen LogP contribution in [0.2, 0.25) is 0 Å². The average Bonchev–Trinajstić information content (AvgIpc) is 2.32. The second-order valence-electron chi connectivity index (χ2n) is 4.71. The Labute approximate surface area is 102 Å². The molecule has 1 aromatic carbocycles. The van der Waals surface area contributed by atoms with Gasteiger partial charge in [0.1, 0.15) is 0 Å². The van der Waals surface area contributed by atoms with Gasteiger partial charge in [-0.15, -0.1) is 0 Å². The molecule has 0 aliphatic heterocycles. The molecule has 2 rings (SSSR count). The molecule has 1 fully saturated rings. The zero-order valence-electron chi connectivity index (χ0n) is 9.93. The van der Waals surface area contributed by atoms with Gasteiger partial charge in [0.05, 0.1) is 12.6 Å². The Morgan fingerprint density at radius 2 is 2.06 bits per heavy atom. The number of nitrogens with one attached hydrogen (secondary N) is 1. The SMILES string of the molecule is O=C(CC1CCC1)N[C@H](CO)c1ccccc1. The van der Waals surface area contributed by atoms with Crippen LogP contribution in [0.4, 0.5) is 0 Å². The van der Waals surface area contributed by atoms with Crippen LogP contribution < -0.4 is 5.32 Å². The van der Waals surface area contributed by atoms with Crippen molar-refractivity contribution in [1.29, 1.82) is 0 Å². The summed E-state index contributed by atoms with van der Waals surface area (Å²) in [4.78, 5) is 11.8. The Hall–Kier alpha value is -1.35. The highest BCUT2D eigenvalue weighted by Gasteiger charge is 2.22. The van der Waals surface area contributed by atoms with E-state index in [1.807, 2.05) is 30.3 Å². The lowest BCUT2D eigenvalue weighted by Gasteiger charge is -2.25. The molecular weight excluding hydrogens is 214 g/mol. The number of hydrogen-bond acceptors (Lipinski definition) is 2. The summed E-state index contributed by atoms with van der Waals surface area (Å²) in [6, 6.07) is 9.32. The van der Waals surface area contributed by atoms with Crippen LogP contribution in [0.5, 0.6) is 0 Å². The summed E-state index contributed by atoms with van der Waals surface area (Å²) in [6.07, 6.45) is 4.19. The smallest absolute Gasteiger partial charge is 0.220 e. The molecule has 0 heterocycles. The standard InChI is InChI=1S/C14H19NO2/c16-10-13(12-7-2-1-3-8-12)15-14(17)9-11-5-4-6-11/h1-3,7-8,11,13,16H,4-6,9-10H2,(H,15,17)/t13-/m1/s1. The van der Waals surface area contributed by atoms with Crippen molar-refractivity contribution in [2.24, 2.45) is 5.92 Å². The van der Waals surface area contributed by atoms with Crippen LogP contribution in [0.3, 0.4) is 0 Å². The highest BCUT2D eigenvalue weighted by molar-refractivity contribution is 5.76. The number of carbonyl (C=O) groups is 1. The first kappa shape index (κ1) is 12.1. The van der Waals surface area contributed by atoms with Gasteiger partial charge >= 0.3 is 0 Å². The second kappa shape index (κ2) is 5.82. The first-order valence-electron chi connectivity index (χ1n) is 6.24. The molecule has 92 valence electrons. The molecule has 17 heavy (non-hydrogen) atoms. The Morgan fingerprint density at radius 1 is 1.35 bits per heavy atom. The van der Waals surface area contributed by atoms with Crippen molar-refractivity contribution >= 4 is 5.91 Å². The fourth-order valence-electron chi connectivity index (χ4n) is 2.13. The van der Waals surface area contributed by atoms with Crippen LogP contribution in [0.15, 0.2) is 30.3 Å². The van der Waals surface area contributed by atoms with Crippen LogP contribution in [-0.4, -0.2) is 17.6 Å². The van der Waals surface area contributed by atoms with Crippen molar-refractivity contribution in [3.05, 3.63) is 35.9 Å². The van der Waals surface area contributed by atoms with Crippen LogP contribution in [-0.2, 0) is 4.79 Å². The average molecular weight is 233 g/mol. The van der Waals surface area contributed by atoms with Crippen molar-refractivity contribution in [1.82, 2.24) is 5.32 Å². The lowest BCUT2D eigenvalue weighted by molar-refractivity contribution is -0.123. The van der Waals surface area contributed by atoms with E-state index < -0.39 is 0 Å². The van der Waals surface area contributed by atoms with Gasteiger partial charge in [-0.2, -0.15) is 0 Å². The molecule has 0 radical (unpaired) electrons. The minimum Gasteiger partial charge on any atom is -0.394 e. The summed E-state index contributed by atoms with van der Waals surface area (Å²) in [5.41, 5.74) is 0.956. The van der Waals surface area contributed by atoms with E-state index >= 15 is 0 Å². The minimum absolute atomic E-state index is 0.0533. The molecule has 0 unspecified atom stereocenters. The summed E-state index contributed by atoms with van der Waals surface area (Å²) in [7, 11) is 0. The van der Waals surface area contributed by atoms with E-state index in [9.17, 15) is 9.90 Å². The fourth-order valence-corrected chi connectivity index (χ4v) is 2.13. The minimum atomic E-state index is -0.274. The third-order valence-electron chi connectivity index (χ3n) is 3.42. The van der Waals surface area contributed by atoms with Crippen molar-refractivity contribution in [2.45, 2.75) is 31.7 Å². The van der Waals surface area contributed by atoms with E-state index in [1.54, 1.807) is 0 Å². The molecule has 1 aliphatic carbocycles. The van der Waals surface area contributed by atoms with E-state index in [1.165, 1.54) is 19.3 Å². The maximum Gasteiger partial charge on any atom is 0.220 e. The molecule has 0 aromatic heterocycles. The fraction of sp³-hybridized carbons (Fsp3) is 0.500. The highest BCUT2D eigenvalue weighted by atomic mass is 16.3. The molecule has 1 aliphatic rings. The monoisotopic (exact) mass is 233 g/mol.